The lowest BCUT2D eigenvalue weighted by molar-refractivity contribution is -0.148. The summed E-state index contributed by atoms with van der Waals surface area (Å²) < 4.78 is 5.06. The van der Waals surface area contributed by atoms with Gasteiger partial charge in [-0.3, -0.25) is 4.79 Å². The molecular weight excluding hydrogens is 246 g/mol. The van der Waals surface area contributed by atoms with Crippen LogP contribution < -0.4 is 10.1 Å². The Hall–Kier alpha value is -1.85. The first kappa shape index (κ1) is 15.2. The second kappa shape index (κ2) is 6.36. The molecule has 0 aromatic carbocycles. The zero-order valence-corrected chi connectivity index (χ0v) is 11.9. The first-order valence-corrected chi connectivity index (χ1v) is 6.34. The minimum Gasteiger partial charge on any atom is -0.481 e. The van der Waals surface area contributed by atoms with E-state index in [0.29, 0.717) is 31.2 Å². The zero-order valence-electron chi connectivity index (χ0n) is 11.9. The highest BCUT2D eigenvalue weighted by molar-refractivity contribution is 5.75. The number of aryl methyl sites for hydroxylation is 1. The molecule has 0 atom stereocenters. The Morgan fingerprint density at radius 3 is 2.53 bits per heavy atom. The fourth-order valence-electron chi connectivity index (χ4n) is 1.85. The van der Waals surface area contributed by atoms with E-state index >= 15 is 0 Å². The standard InChI is InChI=1S/C13H21N3O3/c1-5-13(6-2,11(17)18)8-14-12-15-9(3)7-10(16-12)19-4/h7H,5-6,8H2,1-4H3,(H,17,18)(H,14,15,16). The Bertz CT molecular complexity index is 445. The molecule has 0 radical (unpaired) electrons. The maximum atomic E-state index is 11.4. The maximum absolute atomic E-state index is 11.4. The van der Waals surface area contributed by atoms with Crippen molar-refractivity contribution in [1.82, 2.24) is 9.97 Å². The Labute approximate surface area is 113 Å². The highest BCUT2D eigenvalue weighted by Crippen LogP contribution is 2.27. The average Bonchev–Trinajstić information content (AvgIpc) is 2.39. The highest BCUT2D eigenvalue weighted by Gasteiger charge is 2.34. The van der Waals surface area contributed by atoms with E-state index in [1.165, 1.54) is 7.11 Å². The first-order valence-electron chi connectivity index (χ1n) is 6.34. The molecule has 19 heavy (non-hydrogen) atoms. The van der Waals surface area contributed by atoms with Crippen LogP contribution in [-0.4, -0.2) is 34.7 Å². The van der Waals surface area contributed by atoms with E-state index in [4.69, 9.17) is 4.74 Å². The van der Waals surface area contributed by atoms with Gasteiger partial charge in [-0.05, 0) is 19.8 Å². The third kappa shape index (κ3) is 3.56. The molecule has 2 N–H and O–H groups in total. The van der Waals surface area contributed by atoms with Gasteiger partial charge in [-0.2, -0.15) is 4.98 Å². The van der Waals surface area contributed by atoms with Gasteiger partial charge in [0.1, 0.15) is 0 Å². The number of carbonyl (C=O) groups is 1. The summed E-state index contributed by atoms with van der Waals surface area (Å²) in [5.41, 5.74) is -0.0244. The summed E-state index contributed by atoms with van der Waals surface area (Å²) in [7, 11) is 1.53. The molecule has 106 valence electrons. The minimum absolute atomic E-state index is 0.294. The zero-order chi connectivity index (χ0) is 14.5. The number of hydrogen-bond donors (Lipinski definition) is 2. The number of hydrogen-bond acceptors (Lipinski definition) is 5. The molecule has 0 saturated heterocycles. The molecule has 1 aromatic heterocycles. The Kier molecular flexibility index (Phi) is 5.09. The number of aromatic nitrogens is 2. The van der Waals surface area contributed by atoms with E-state index < -0.39 is 11.4 Å². The molecule has 0 bridgehead atoms. The second-order valence-corrected chi connectivity index (χ2v) is 4.52. The summed E-state index contributed by atoms with van der Waals surface area (Å²) >= 11 is 0. The lowest BCUT2D eigenvalue weighted by Crippen LogP contribution is -2.37. The van der Waals surface area contributed by atoms with Crippen molar-refractivity contribution in [2.75, 3.05) is 19.0 Å². The number of carboxylic acid groups (broad SMARTS) is 1. The summed E-state index contributed by atoms with van der Waals surface area (Å²) in [6, 6.07) is 1.72. The van der Waals surface area contributed by atoms with Crippen molar-refractivity contribution >= 4 is 11.9 Å². The fourth-order valence-corrected chi connectivity index (χ4v) is 1.85. The molecule has 0 unspecified atom stereocenters. The number of anilines is 1. The van der Waals surface area contributed by atoms with Crippen LogP contribution in [0.4, 0.5) is 5.95 Å². The number of nitrogens with zero attached hydrogens (tertiary/aromatic N) is 2. The molecule has 1 aromatic rings. The van der Waals surface area contributed by atoms with Crippen LogP contribution in [0.1, 0.15) is 32.4 Å². The van der Waals surface area contributed by atoms with Crippen LogP contribution in [0.2, 0.25) is 0 Å². The van der Waals surface area contributed by atoms with Crippen molar-refractivity contribution in [3.63, 3.8) is 0 Å². The van der Waals surface area contributed by atoms with E-state index in [9.17, 15) is 9.90 Å². The largest absolute Gasteiger partial charge is 0.481 e. The summed E-state index contributed by atoms with van der Waals surface area (Å²) in [6.07, 6.45) is 1.10. The molecule has 6 heteroatoms. The second-order valence-electron chi connectivity index (χ2n) is 4.52. The van der Waals surface area contributed by atoms with Crippen molar-refractivity contribution < 1.29 is 14.6 Å². The first-order chi connectivity index (χ1) is 8.97. The number of rotatable bonds is 7. The predicted octanol–water partition coefficient (Wildman–Crippen LogP) is 2.10. The van der Waals surface area contributed by atoms with E-state index in [1.807, 2.05) is 20.8 Å². The van der Waals surface area contributed by atoms with Gasteiger partial charge in [-0.25, -0.2) is 4.98 Å². The monoisotopic (exact) mass is 267 g/mol. The number of nitrogens with one attached hydrogen (secondary N) is 1. The van der Waals surface area contributed by atoms with Gasteiger partial charge in [0, 0.05) is 18.3 Å². The summed E-state index contributed by atoms with van der Waals surface area (Å²) in [5, 5.41) is 12.4. The Morgan fingerprint density at radius 1 is 1.42 bits per heavy atom. The minimum atomic E-state index is -0.801. The van der Waals surface area contributed by atoms with Gasteiger partial charge in [0.15, 0.2) is 0 Å². The number of carboxylic acids is 1. The van der Waals surface area contributed by atoms with Crippen LogP contribution in [0.25, 0.3) is 0 Å². The van der Waals surface area contributed by atoms with E-state index in [-0.39, 0.29) is 0 Å². The van der Waals surface area contributed by atoms with Crippen LogP contribution in [0.3, 0.4) is 0 Å². The van der Waals surface area contributed by atoms with Gasteiger partial charge in [0.25, 0.3) is 0 Å². The molecule has 0 spiro atoms. The Morgan fingerprint density at radius 2 is 2.05 bits per heavy atom. The molecule has 0 amide bonds. The van der Waals surface area contributed by atoms with Crippen LogP contribution >= 0.6 is 0 Å². The van der Waals surface area contributed by atoms with Crippen LogP contribution in [0.5, 0.6) is 5.88 Å². The van der Waals surface area contributed by atoms with Crippen molar-refractivity contribution in [3.05, 3.63) is 11.8 Å². The molecule has 0 aliphatic rings. The van der Waals surface area contributed by atoms with Crippen LogP contribution in [0, 0.1) is 12.3 Å². The van der Waals surface area contributed by atoms with Gasteiger partial charge in [-0.1, -0.05) is 13.8 Å². The summed E-state index contributed by atoms with van der Waals surface area (Å²) in [4.78, 5) is 19.8. The van der Waals surface area contributed by atoms with Gasteiger partial charge in [0.2, 0.25) is 11.8 Å². The SMILES string of the molecule is CCC(CC)(CNc1nc(C)cc(OC)n1)C(=O)O. The van der Waals surface area contributed by atoms with Crippen molar-refractivity contribution in [1.29, 1.82) is 0 Å². The summed E-state index contributed by atoms with van der Waals surface area (Å²) in [6.45, 7) is 5.87. The Balaban J connectivity index is 2.85. The normalized spacial score (nSPS) is 11.2. The number of methoxy groups -OCH3 is 1. The van der Waals surface area contributed by atoms with Gasteiger partial charge >= 0.3 is 5.97 Å². The lowest BCUT2D eigenvalue weighted by Gasteiger charge is -2.26. The van der Waals surface area contributed by atoms with Gasteiger partial charge < -0.3 is 15.2 Å². The maximum Gasteiger partial charge on any atom is 0.311 e. The number of ether oxygens (including phenoxy) is 1. The van der Waals surface area contributed by atoms with Crippen LogP contribution in [0.15, 0.2) is 6.07 Å². The number of aliphatic carboxylic acids is 1. The average molecular weight is 267 g/mol. The smallest absolute Gasteiger partial charge is 0.311 e. The third-order valence-electron chi connectivity index (χ3n) is 3.43. The highest BCUT2D eigenvalue weighted by atomic mass is 16.5. The molecular formula is C13H21N3O3. The fraction of sp³-hybridized carbons (Fsp3) is 0.615. The predicted molar refractivity (Wildman–Crippen MR) is 72.5 cm³/mol. The van der Waals surface area contributed by atoms with Gasteiger partial charge in [-0.15, -0.1) is 0 Å². The molecule has 0 aliphatic heterocycles. The molecule has 1 rings (SSSR count). The third-order valence-corrected chi connectivity index (χ3v) is 3.43. The molecule has 6 nitrogen and oxygen atoms in total. The van der Waals surface area contributed by atoms with Crippen LogP contribution in [-0.2, 0) is 4.79 Å². The summed E-state index contributed by atoms with van der Waals surface area (Å²) in [5.74, 6) is 0.0536. The van der Waals surface area contributed by atoms with E-state index in [1.54, 1.807) is 6.07 Å². The molecule has 0 fully saturated rings. The lowest BCUT2D eigenvalue weighted by atomic mass is 9.82. The van der Waals surface area contributed by atoms with E-state index in [0.717, 1.165) is 5.69 Å². The topological polar surface area (TPSA) is 84.3 Å². The van der Waals surface area contributed by atoms with E-state index in [2.05, 4.69) is 15.3 Å². The quantitative estimate of drug-likeness (QED) is 0.787. The van der Waals surface area contributed by atoms with Crippen molar-refractivity contribution in [3.8, 4) is 5.88 Å². The molecule has 0 saturated carbocycles. The molecule has 1 heterocycles. The molecule has 0 aliphatic carbocycles. The van der Waals surface area contributed by atoms with Crippen molar-refractivity contribution in [2.24, 2.45) is 5.41 Å². The van der Waals surface area contributed by atoms with Crippen molar-refractivity contribution in [2.45, 2.75) is 33.6 Å². The van der Waals surface area contributed by atoms with Gasteiger partial charge in [0.05, 0.1) is 12.5 Å².